The number of ether oxygens (including phenoxy) is 1. The molecule has 1 aliphatic rings. The van der Waals surface area contributed by atoms with Gasteiger partial charge in [0, 0.05) is 11.6 Å². The summed E-state index contributed by atoms with van der Waals surface area (Å²) in [5.74, 6) is 0.0462. The number of hydrogen-bond donors (Lipinski definition) is 2. The molecule has 0 saturated heterocycles. The van der Waals surface area contributed by atoms with Gasteiger partial charge in [0.15, 0.2) is 0 Å². The molecular weight excluding hydrogens is 340 g/mol. The Balaban J connectivity index is 1.74. The number of anilines is 1. The first-order valence-corrected chi connectivity index (χ1v) is 9.62. The van der Waals surface area contributed by atoms with Gasteiger partial charge in [-0.15, -0.1) is 0 Å². The smallest absolute Gasteiger partial charge is 0.261 e. The largest absolute Gasteiger partial charge is 0.490 e. The summed E-state index contributed by atoms with van der Waals surface area (Å²) in [5.41, 5.74) is 5.84. The van der Waals surface area contributed by atoms with Crippen LogP contribution in [0, 0.1) is 0 Å². The van der Waals surface area contributed by atoms with Crippen LogP contribution in [0.4, 0.5) is 5.69 Å². The van der Waals surface area contributed by atoms with Gasteiger partial charge in [0.25, 0.3) is 10.0 Å². The second-order valence-electron chi connectivity index (χ2n) is 6.05. The molecule has 3 N–H and O–H groups in total. The van der Waals surface area contributed by atoms with E-state index in [9.17, 15) is 13.2 Å². The van der Waals surface area contributed by atoms with Crippen molar-refractivity contribution in [1.29, 1.82) is 0 Å². The van der Waals surface area contributed by atoms with Gasteiger partial charge >= 0.3 is 0 Å². The Morgan fingerprint density at radius 2 is 1.76 bits per heavy atom. The van der Waals surface area contributed by atoms with Crippen molar-refractivity contribution in [1.82, 2.24) is 0 Å². The lowest BCUT2D eigenvalue weighted by Crippen LogP contribution is -2.15. The molecule has 0 bridgehead atoms. The predicted molar refractivity (Wildman–Crippen MR) is 95.1 cm³/mol. The van der Waals surface area contributed by atoms with E-state index in [2.05, 4.69) is 4.72 Å². The van der Waals surface area contributed by atoms with Crippen LogP contribution in [0.5, 0.6) is 5.75 Å². The Labute approximate surface area is 147 Å². The van der Waals surface area contributed by atoms with Gasteiger partial charge in [-0.25, -0.2) is 8.42 Å². The summed E-state index contributed by atoms with van der Waals surface area (Å²) >= 11 is 0. The molecule has 0 heterocycles. The van der Waals surface area contributed by atoms with Gasteiger partial charge in [-0.1, -0.05) is 6.07 Å². The number of nitrogens with two attached hydrogens (primary N) is 1. The fourth-order valence-electron chi connectivity index (χ4n) is 2.84. The highest BCUT2D eigenvalue weighted by Gasteiger charge is 2.18. The van der Waals surface area contributed by atoms with Crippen LogP contribution < -0.4 is 15.2 Å². The monoisotopic (exact) mass is 360 g/mol. The second-order valence-corrected chi connectivity index (χ2v) is 7.73. The third-order valence-electron chi connectivity index (χ3n) is 4.14. The molecule has 6 nitrogen and oxygen atoms in total. The first-order valence-electron chi connectivity index (χ1n) is 8.13. The number of hydrogen-bond acceptors (Lipinski definition) is 4. The molecule has 2 aromatic carbocycles. The number of nitrogens with one attached hydrogen (secondary N) is 1. The van der Waals surface area contributed by atoms with Crippen LogP contribution in [-0.4, -0.2) is 20.4 Å². The number of rotatable bonds is 6. The van der Waals surface area contributed by atoms with Gasteiger partial charge in [-0.05, 0) is 62.1 Å². The fourth-order valence-corrected chi connectivity index (χ4v) is 3.89. The lowest BCUT2D eigenvalue weighted by atomic mass is 10.2. The highest BCUT2D eigenvalue weighted by molar-refractivity contribution is 7.92. The molecular formula is C18H20N2O4S. The van der Waals surface area contributed by atoms with E-state index in [0.29, 0.717) is 11.4 Å². The summed E-state index contributed by atoms with van der Waals surface area (Å²) in [5, 5.41) is 0. The molecule has 132 valence electrons. The summed E-state index contributed by atoms with van der Waals surface area (Å²) in [6, 6.07) is 12.4. The summed E-state index contributed by atoms with van der Waals surface area (Å²) in [6.07, 6.45) is 4.59. The summed E-state index contributed by atoms with van der Waals surface area (Å²) < 4.78 is 33.4. The van der Waals surface area contributed by atoms with Crippen molar-refractivity contribution in [2.75, 3.05) is 4.72 Å². The van der Waals surface area contributed by atoms with Gasteiger partial charge in [0.05, 0.1) is 16.7 Å². The zero-order chi connectivity index (χ0) is 17.9. The van der Waals surface area contributed by atoms with E-state index in [1.807, 2.05) is 6.07 Å². The van der Waals surface area contributed by atoms with Crippen LogP contribution in [-0.2, 0) is 10.0 Å². The van der Waals surface area contributed by atoms with Crippen molar-refractivity contribution in [3.05, 3.63) is 54.1 Å². The number of carbonyl (C=O) groups excluding carboxylic acids is 1. The fraction of sp³-hybridized carbons (Fsp3) is 0.278. The second kappa shape index (κ2) is 7.14. The van der Waals surface area contributed by atoms with E-state index >= 15 is 0 Å². The van der Waals surface area contributed by atoms with E-state index in [-0.39, 0.29) is 16.6 Å². The molecule has 0 aliphatic heterocycles. The minimum atomic E-state index is -3.76. The van der Waals surface area contributed by atoms with E-state index in [1.54, 1.807) is 18.2 Å². The van der Waals surface area contributed by atoms with Gasteiger partial charge in [-0.2, -0.15) is 0 Å². The molecule has 0 aromatic heterocycles. The quantitative estimate of drug-likeness (QED) is 0.827. The van der Waals surface area contributed by atoms with E-state index < -0.39 is 15.9 Å². The molecule has 3 rings (SSSR count). The molecule has 1 amide bonds. The summed E-state index contributed by atoms with van der Waals surface area (Å²) in [4.78, 5) is 11.1. The lowest BCUT2D eigenvalue weighted by molar-refractivity contribution is 0.1000. The number of carbonyl (C=O) groups is 1. The van der Waals surface area contributed by atoms with Crippen LogP contribution >= 0.6 is 0 Å². The Hall–Kier alpha value is -2.54. The minimum absolute atomic E-state index is 0.0552. The summed E-state index contributed by atoms with van der Waals surface area (Å²) in [6.45, 7) is 0. The molecule has 7 heteroatoms. The predicted octanol–water partition coefficient (Wildman–Crippen LogP) is 2.91. The normalized spacial score (nSPS) is 15.0. The molecule has 2 aromatic rings. The van der Waals surface area contributed by atoms with E-state index in [1.165, 1.54) is 24.3 Å². The Morgan fingerprint density at radius 1 is 1.08 bits per heavy atom. The van der Waals surface area contributed by atoms with Gasteiger partial charge in [0.1, 0.15) is 5.75 Å². The van der Waals surface area contributed by atoms with Crippen LogP contribution in [0.2, 0.25) is 0 Å². The molecule has 0 radical (unpaired) electrons. The Bertz CT molecular complexity index is 857. The zero-order valence-corrected chi connectivity index (χ0v) is 14.5. The van der Waals surface area contributed by atoms with Crippen LogP contribution in [0.15, 0.2) is 53.4 Å². The van der Waals surface area contributed by atoms with Gasteiger partial charge < -0.3 is 10.5 Å². The van der Waals surface area contributed by atoms with E-state index in [4.69, 9.17) is 10.5 Å². The zero-order valence-electron chi connectivity index (χ0n) is 13.6. The lowest BCUT2D eigenvalue weighted by Gasteiger charge is -2.14. The van der Waals surface area contributed by atoms with Crippen molar-refractivity contribution >= 4 is 21.6 Å². The maximum atomic E-state index is 12.5. The van der Waals surface area contributed by atoms with Gasteiger partial charge in [0.2, 0.25) is 5.91 Å². The first-order chi connectivity index (χ1) is 11.9. The Morgan fingerprint density at radius 3 is 2.40 bits per heavy atom. The molecule has 0 spiro atoms. The maximum Gasteiger partial charge on any atom is 0.261 e. The average Bonchev–Trinajstić information content (AvgIpc) is 3.08. The summed E-state index contributed by atoms with van der Waals surface area (Å²) in [7, 11) is -3.76. The van der Waals surface area contributed by atoms with E-state index in [0.717, 1.165) is 25.7 Å². The third-order valence-corrected chi connectivity index (χ3v) is 5.54. The van der Waals surface area contributed by atoms with Crippen molar-refractivity contribution in [2.24, 2.45) is 5.73 Å². The molecule has 1 fully saturated rings. The van der Waals surface area contributed by atoms with Crippen molar-refractivity contribution in [2.45, 2.75) is 36.7 Å². The highest BCUT2D eigenvalue weighted by atomic mass is 32.2. The molecule has 25 heavy (non-hydrogen) atoms. The van der Waals surface area contributed by atoms with Crippen molar-refractivity contribution < 1.29 is 17.9 Å². The minimum Gasteiger partial charge on any atom is -0.490 e. The SMILES string of the molecule is NC(=O)c1ccc(S(=O)(=O)Nc2cccc(OC3CCCC3)c2)cc1. The average molecular weight is 360 g/mol. The van der Waals surface area contributed by atoms with Crippen molar-refractivity contribution in [3.8, 4) is 5.75 Å². The molecule has 1 saturated carbocycles. The van der Waals surface area contributed by atoms with Crippen LogP contribution in [0.25, 0.3) is 0 Å². The molecule has 0 atom stereocenters. The number of amides is 1. The number of primary amides is 1. The topological polar surface area (TPSA) is 98.5 Å². The highest BCUT2D eigenvalue weighted by Crippen LogP contribution is 2.26. The van der Waals surface area contributed by atoms with Crippen molar-refractivity contribution in [3.63, 3.8) is 0 Å². The van der Waals surface area contributed by atoms with Gasteiger partial charge in [-0.3, -0.25) is 9.52 Å². The molecule has 1 aliphatic carbocycles. The number of sulfonamides is 1. The Kier molecular flexibility index (Phi) is 4.94. The molecule has 0 unspecified atom stereocenters. The van der Waals surface area contributed by atoms with Crippen LogP contribution in [0.1, 0.15) is 36.0 Å². The maximum absolute atomic E-state index is 12.5. The van der Waals surface area contributed by atoms with Crippen LogP contribution in [0.3, 0.4) is 0 Å². The first kappa shape index (κ1) is 17.3. The third kappa shape index (κ3) is 4.30. The standard InChI is InChI=1S/C18H20N2O4S/c19-18(21)13-8-10-17(11-9-13)25(22,23)20-14-4-3-7-16(12-14)24-15-5-1-2-6-15/h3-4,7-12,15,20H,1-2,5-6H2,(H2,19,21). The number of benzene rings is 2.